The highest BCUT2D eigenvalue weighted by atomic mass is 79.9. The molecule has 2 aromatic carbocycles. The Morgan fingerprint density at radius 1 is 1.12 bits per heavy atom. The SMILES string of the molecule is COC(=O)C1=C(N(C)c2ccccc2)SC(C)(c2ccc(Br)cc2)C1=O. The van der Waals surface area contributed by atoms with Crippen LogP contribution in [0.3, 0.4) is 0 Å². The van der Waals surface area contributed by atoms with Crippen LogP contribution in [0.5, 0.6) is 0 Å². The van der Waals surface area contributed by atoms with Crippen LogP contribution in [-0.4, -0.2) is 25.9 Å². The van der Waals surface area contributed by atoms with E-state index in [0.717, 1.165) is 15.7 Å². The quantitative estimate of drug-likeness (QED) is 0.526. The van der Waals surface area contributed by atoms with Crippen LogP contribution in [0.2, 0.25) is 0 Å². The first-order chi connectivity index (χ1) is 12.4. The molecule has 0 fully saturated rings. The fourth-order valence-electron chi connectivity index (χ4n) is 2.87. The number of hydrogen-bond acceptors (Lipinski definition) is 5. The number of esters is 1. The van der Waals surface area contributed by atoms with Crippen LogP contribution in [0.15, 0.2) is 69.7 Å². The number of Topliss-reactive ketones (excluding diaryl/α,β-unsaturated/α-hetero) is 1. The lowest BCUT2D eigenvalue weighted by Gasteiger charge is -2.25. The zero-order valence-corrected chi connectivity index (χ0v) is 17.1. The van der Waals surface area contributed by atoms with Crippen LogP contribution >= 0.6 is 27.7 Å². The number of nitrogens with zero attached hydrogens (tertiary/aromatic N) is 1. The van der Waals surface area contributed by atoms with Crippen LogP contribution in [0.1, 0.15) is 12.5 Å². The number of para-hydroxylation sites is 1. The molecule has 1 aliphatic heterocycles. The number of rotatable bonds is 4. The van der Waals surface area contributed by atoms with E-state index in [2.05, 4.69) is 15.9 Å². The Bertz CT molecular complexity index is 880. The van der Waals surface area contributed by atoms with Gasteiger partial charge in [-0.2, -0.15) is 0 Å². The van der Waals surface area contributed by atoms with Crippen LogP contribution in [0.4, 0.5) is 5.69 Å². The number of thioether (sulfide) groups is 1. The van der Waals surface area contributed by atoms with Gasteiger partial charge in [0.25, 0.3) is 0 Å². The van der Waals surface area contributed by atoms with Gasteiger partial charge in [-0.3, -0.25) is 4.79 Å². The lowest BCUT2D eigenvalue weighted by molar-refractivity contribution is -0.138. The Kier molecular flexibility index (Phi) is 5.25. The van der Waals surface area contributed by atoms with E-state index < -0.39 is 10.7 Å². The minimum atomic E-state index is -0.886. The van der Waals surface area contributed by atoms with E-state index in [9.17, 15) is 9.59 Å². The molecule has 4 nitrogen and oxygen atoms in total. The second-order valence-electron chi connectivity index (χ2n) is 6.04. The van der Waals surface area contributed by atoms with Gasteiger partial charge < -0.3 is 9.64 Å². The Hall–Kier alpha value is -2.05. The van der Waals surface area contributed by atoms with Gasteiger partial charge >= 0.3 is 5.97 Å². The highest BCUT2D eigenvalue weighted by Gasteiger charge is 2.49. The van der Waals surface area contributed by atoms with Crippen LogP contribution in [-0.2, 0) is 19.1 Å². The molecule has 134 valence electrons. The summed E-state index contributed by atoms with van der Waals surface area (Å²) in [7, 11) is 3.14. The van der Waals surface area contributed by atoms with Crippen molar-refractivity contribution < 1.29 is 14.3 Å². The zero-order chi connectivity index (χ0) is 18.9. The number of methoxy groups -OCH3 is 1. The summed E-state index contributed by atoms with van der Waals surface area (Å²) >= 11 is 4.79. The number of ketones is 1. The van der Waals surface area contributed by atoms with Gasteiger partial charge in [-0.25, -0.2) is 4.79 Å². The predicted molar refractivity (Wildman–Crippen MR) is 108 cm³/mol. The Morgan fingerprint density at radius 2 is 1.73 bits per heavy atom. The molecule has 0 amide bonds. The minimum absolute atomic E-state index is 0.0919. The third kappa shape index (κ3) is 3.19. The summed E-state index contributed by atoms with van der Waals surface area (Å²) in [5.74, 6) is -0.851. The van der Waals surface area contributed by atoms with Gasteiger partial charge in [0.15, 0.2) is 5.78 Å². The third-order valence-electron chi connectivity index (χ3n) is 4.41. The second kappa shape index (κ2) is 7.29. The summed E-state index contributed by atoms with van der Waals surface area (Å²) in [4.78, 5) is 27.5. The molecule has 6 heteroatoms. The van der Waals surface area contributed by atoms with E-state index in [0.29, 0.717) is 5.03 Å². The van der Waals surface area contributed by atoms with E-state index in [1.807, 2.05) is 73.5 Å². The normalized spacial score (nSPS) is 19.6. The first kappa shape index (κ1) is 18.7. The van der Waals surface area contributed by atoms with Gasteiger partial charge in [0.05, 0.1) is 12.1 Å². The maximum Gasteiger partial charge on any atom is 0.344 e. The number of halogens is 1. The van der Waals surface area contributed by atoms with Gasteiger partial charge in [0.2, 0.25) is 0 Å². The van der Waals surface area contributed by atoms with Crippen molar-refractivity contribution in [1.29, 1.82) is 0 Å². The van der Waals surface area contributed by atoms with E-state index in [1.165, 1.54) is 18.9 Å². The highest BCUT2D eigenvalue weighted by Crippen LogP contribution is 2.52. The number of hydrogen-bond donors (Lipinski definition) is 0. The minimum Gasteiger partial charge on any atom is -0.465 e. The van der Waals surface area contributed by atoms with Crippen molar-refractivity contribution in [2.24, 2.45) is 0 Å². The average Bonchev–Trinajstić information content (AvgIpc) is 2.94. The van der Waals surface area contributed by atoms with Crippen molar-refractivity contribution in [2.45, 2.75) is 11.7 Å². The zero-order valence-electron chi connectivity index (χ0n) is 14.7. The van der Waals surface area contributed by atoms with Gasteiger partial charge in [0, 0.05) is 17.2 Å². The number of anilines is 1. The number of benzene rings is 2. The van der Waals surface area contributed by atoms with E-state index in [1.54, 1.807) is 0 Å². The van der Waals surface area contributed by atoms with Gasteiger partial charge in [0.1, 0.15) is 10.3 Å². The molecule has 0 aliphatic carbocycles. The molecule has 1 unspecified atom stereocenters. The lowest BCUT2D eigenvalue weighted by atomic mass is 9.92. The molecule has 0 spiro atoms. The van der Waals surface area contributed by atoms with E-state index in [4.69, 9.17) is 4.74 Å². The van der Waals surface area contributed by atoms with E-state index >= 15 is 0 Å². The fraction of sp³-hybridized carbons (Fsp3) is 0.200. The summed E-state index contributed by atoms with van der Waals surface area (Å²) in [5.41, 5.74) is 1.83. The molecule has 0 saturated carbocycles. The molecule has 2 aromatic rings. The smallest absolute Gasteiger partial charge is 0.344 e. The topological polar surface area (TPSA) is 46.6 Å². The molecule has 1 atom stereocenters. The molecule has 0 saturated heterocycles. The Balaban J connectivity index is 2.08. The van der Waals surface area contributed by atoms with Crippen molar-refractivity contribution in [2.75, 3.05) is 19.1 Å². The molecule has 0 N–H and O–H groups in total. The maximum atomic E-state index is 13.2. The Labute approximate surface area is 165 Å². The standard InChI is InChI=1S/C20H18BrNO3S/c1-20(13-9-11-14(21)12-10-13)17(23)16(19(24)25-3)18(26-20)22(2)15-7-5-4-6-8-15/h4-12H,1-3H3. The number of carbonyl (C=O) groups excluding carboxylic acids is 2. The molecule has 1 heterocycles. The Morgan fingerprint density at radius 3 is 2.31 bits per heavy atom. The number of carbonyl (C=O) groups is 2. The summed E-state index contributed by atoms with van der Waals surface area (Å²) in [5, 5.41) is 0.596. The summed E-state index contributed by atoms with van der Waals surface area (Å²) in [6, 6.07) is 17.2. The highest BCUT2D eigenvalue weighted by molar-refractivity contribution is 9.10. The molecule has 0 aromatic heterocycles. The van der Waals surface area contributed by atoms with Crippen molar-refractivity contribution >= 4 is 45.1 Å². The number of ether oxygens (including phenoxy) is 1. The third-order valence-corrected chi connectivity index (χ3v) is 6.44. The van der Waals surface area contributed by atoms with Crippen molar-refractivity contribution in [3.63, 3.8) is 0 Å². The summed E-state index contributed by atoms with van der Waals surface area (Å²) in [6.45, 7) is 1.85. The van der Waals surface area contributed by atoms with Gasteiger partial charge in [-0.15, -0.1) is 0 Å². The molecular weight excluding hydrogens is 414 g/mol. The maximum absolute atomic E-state index is 13.2. The van der Waals surface area contributed by atoms with Crippen LogP contribution < -0.4 is 4.90 Å². The largest absolute Gasteiger partial charge is 0.465 e. The van der Waals surface area contributed by atoms with E-state index in [-0.39, 0.29) is 11.4 Å². The van der Waals surface area contributed by atoms with Crippen molar-refractivity contribution in [3.8, 4) is 0 Å². The van der Waals surface area contributed by atoms with Crippen LogP contribution in [0.25, 0.3) is 0 Å². The molecule has 26 heavy (non-hydrogen) atoms. The molecule has 1 aliphatic rings. The van der Waals surface area contributed by atoms with Crippen molar-refractivity contribution in [3.05, 3.63) is 75.2 Å². The monoisotopic (exact) mass is 431 g/mol. The molecular formula is C20H18BrNO3S. The second-order valence-corrected chi connectivity index (χ2v) is 8.36. The summed E-state index contributed by atoms with van der Waals surface area (Å²) < 4.78 is 4.95. The van der Waals surface area contributed by atoms with Crippen LogP contribution in [0, 0.1) is 0 Å². The fourth-order valence-corrected chi connectivity index (χ4v) is 4.49. The predicted octanol–water partition coefficient (Wildman–Crippen LogP) is 4.50. The molecule has 0 radical (unpaired) electrons. The van der Waals surface area contributed by atoms with Gasteiger partial charge in [-0.1, -0.05) is 58.0 Å². The average molecular weight is 432 g/mol. The lowest BCUT2D eigenvalue weighted by Crippen LogP contribution is -2.28. The first-order valence-corrected chi connectivity index (χ1v) is 9.60. The summed E-state index contributed by atoms with van der Waals surface area (Å²) in [6.07, 6.45) is 0. The first-order valence-electron chi connectivity index (χ1n) is 7.99. The molecule has 3 rings (SSSR count). The van der Waals surface area contributed by atoms with Crippen molar-refractivity contribution in [1.82, 2.24) is 0 Å². The molecule has 0 bridgehead atoms. The van der Waals surface area contributed by atoms with Gasteiger partial charge in [-0.05, 0) is 36.8 Å².